The molecule has 0 aromatic carbocycles. The molecule has 19 heavy (non-hydrogen) atoms. The number of thiophene rings is 1. The molecule has 2 rings (SSSR count). The van der Waals surface area contributed by atoms with E-state index in [-0.39, 0.29) is 22.6 Å². The van der Waals surface area contributed by atoms with Gasteiger partial charge in [0.05, 0.1) is 4.88 Å². The summed E-state index contributed by atoms with van der Waals surface area (Å²) in [5.41, 5.74) is 0. The van der Waals surface area contributed by atoms with E-state index in [9.17, 15) is 14.4 Å². The van der Waals surface area contributed by atoms with Crippen molar-refractivity contribution < 1.29 is 19.5 Å². The molecule has 1 aromatic rings. The lowest BCUT2D eigenvalue weighted by atomic mass is 10.4. The van der Waals surface area contributed by atoms with Crippen molar-refractivity contribution in [1.82, 2.24) is 10.6 Å². The number of aromatic carboxylic acids is 1. The van der Waals surface area contributed by atoms with E-state index < -0.39 is 5.97 Å². The Morgan fingerprint density at radius 3 is 2.37 bits per heavy atom. The molecule has 102 valence electrons. The number of hydrogen-bond acceptors (Lipinski definition) is 4. The Balaban J connectivity index is 1.71. The molecule has 3 N–H and O–H groups in total. The van der Waals surface area contributed by atoms with Gasteiger partial charge in [-0.3, -0.25) is 9.59 Å². The summed E-state index contributed by atoms with van der Waals surface area (Å²) in [6.45, 7) is 0.718. The third-order valence-electron chi connectivity index (χ3n) is 2.70. The summed E-state index contributed by atoms with van der Waals surface area (Å²) in [6, 6.07) is 2.88. The average Bonchev–Trinajstić information content (AvgIpc) is 3.10. The van der Waals surface area contributed by atoms with Gasteiger partial charge < -0.3 is 15.7 Å². The average molecular weight is 282 g/mol. The van der Waals surface area contributed by atoms with Gasteiger partial charge in [-0.05, 0) is 25.0 Å². The first-order valence-electron chi connectivity index (χ1n) is 5.97. The molecule has 0 spiro atoms. The molecule has 1 heterocycles. The van der Waals surface area contributed by atoms with Crippen molar-refractivity contribution in [2.24, 2.45) is 5.92 Å². The maximum Gasteiger partial charge on any atom is 0.345 e. The van der Waals surface area contributed by atoms with E-state index in [1.807, 2.05) is 0 Å². The summed E-state index contributed by atoms with van der Waals surface area (Å²) >= 11 is 0.929. The van der Waals surface area contributed by atoms with Crippen LogP contribution in [-0.4, -0.2) is 36.0 Å². The van der Waals surface area contributed by atoms with Crippen LogP contribution in [0.4, 0.5) is 0 Å². The van der Waals surface area contributed by atoms with E-state index in [0.717, 1.165) is 24.2 Å². The Labute approximate surface area is 113 Å². The first-order chi connectivity index (χ1) is 9.08. The minimum Gasteiger partial charge on any atom is -0.477 e. The van der Waals surface area contributed by atoms with Gasteiger partial charge in [0.2, 0.25) is 5.91 Å². The van der Waals surface area contributed by atoms with Crippen molar-refractivity contribution in [2.75, 3.05) is 13.1 Å². The van der Waals surface area contributed by atoms with Crippen LogP contribution in [0, 0.1) is 5.92 Å². The number of amides is 2. The second-order valence-corrected chi connectivity index (χ2v) is 5.37. The topological polar surface area (TPSA) is 95.5 Å². The zero-order valence-electron chi connectivity index (χ0n) is 10.1. The monoisotopic (exact) mass is 282 g/mol. The predicted molar refractivity (Wildman–Crippen MR) is 69.3 cm³/mol. The van der Waals surface area contributed by atoms with E-state index in [0.29, 0.717) is 18.0 Å². The Hall–Kier alpha value is -1.89. The quantitative estimate of drug-likeness (QED) is 0.669. The number of carboxylic acids is 1. The molecule has 6 nitrogen and oxygen atoms in total. The van der Waals surface area contributed by atoms with Crippen LogP contribution in [0.2, 0.25) is 0 Å². The van der Waals surface area contributed by atoms with Gasteiger partial charge in [-0.25, -0.2) is 4.79 Å². The third kappa shape index (κ3) is 3.78. The highest BCUT2D eigenvalue weighted by atomic mass is 32.1. The van der Waals surface area contributed by atoms with Crippen LogP contribution in [0.25, 0.3) is 0 Å². The van der Waals surface area contributed by atoms with Crippen LogP contribution in [0.15, 0.2) is 12.1 Å². The summed E-state index contributed by atoms with van der Waals surface area (Å²) in [7, 11) is 0. The lowest BCUT2D eigenvalue weighted by Gasteiger charge is -2.05. The van der Waals surface area contributed by atoms with Crippen LogP contribution in [-0.2, 0) is 4.79 Å². The molecule has 0 aliphatic heterocycles. The second-order valence-electron chi connectivity index (χ2n) is 4.29. The minimum absolute atomic E-state index is 0.0403. The van der Waals surface area contributed by atoms with Crippen molar-refractivity contribution in [2.45, 2.75) is 12.8 Å². The molecule has 2 amide bonds. The molecule has 1 aliphatic carbocycles. The van der Waals surface area contributed by atoms with Gasteiger partial charge in [0.25, 0.3) is 5.91 Å². The number of carbonyl (C=O) groups is 3. The fraction of sp³-hybridized carbons (Fsp3) is 0.417. The molecule has 1 aromatic heterocycles. The third-order valence-corrected chi connectivity index (χ3v) is 3.77. The first-order valence-corrected chi connectivity index (χ1v) is 6.78. The Morgan fingerprint density at radius 1 is 1.16 bits per heavy atom. The SMILES string of the molecule is O=C(O)c1ccc(C(=O)NCCNC(=O)C2CC2)s1. The molecule has 0 bridgehead atoms. The Morgan fingerprint density at radius 2 is 1.79 bits per heavy atom. The van der Waals surface area contributed by atoms with Crippen molar-refractivity contribution >= 4 is 29.1 Å². The first kappa shape index (κ1) is 13.5. The van der Waals surface area contributed by atoms with Crippen molar-refractivity contribution in [1.29, 1.82) is 0 Å². The van der Waals surface area contributed by atoms with Crippen LogP contribution in [0.3, 0.4) is 0 Å². The summed E-state index contributed by atoms with van der Waals surface area (Å²) in [4.78, 5) is 34.1. The number of carboxylic acid groups (broad SMARTS) is 1. The van der Waals surface area contributed by atoms with Crippen molar-refractivity contribution in [3.8, 4) is 0 Å². The van der Waals surface area contributed by atoms with Crippen LogP contribution in [0.5, 0.6) is 0 Å². The highest BCUT2D eigenvalue weighted by molar-refractivity contribution is 7.15. The molecule has 1 aliphatic rings. The second kappa shape index (κ2) is 5.83. The van der Waals surface area contributed by atoms with Gasteiger partial charge >= 0.3 is 5.97 Å². The molecular formula is C12H14N2O4S. The maximum absolute atomic E-state index is 11.7. The standard InChI is InChI=1S/C12H14N2O4S/c15-10(7-1-2-7)13-5-6-14-11(16)8-3-4-9(19-8)12(17)18/h3-4,7H,1-2,5-6H2,(H,13,15)(H,14,16)(H,17,18). The Bertz CT molecular complexity index is 508. The summed E-state index contributed by atoms with van der Waals surface area (Å²) in [6.07, 6.45) is 1.90. The minimum atomic E-state index is -1.04. The lowest BCUT2D eigenvalue weighted by Crippen LogP contribution is -2.35. The van der Waals surface area contributed by atoms with E-state index in [2.05, 4.69) is 10.6 Å². The molecular weight excluding hydrogens is 268 g/mol. The van der Waals surface area contributed by atoms with Crippen molar-refractivity contribution in [3.63, 3.8) is 0 Å². The number of carbonyl (C=O) groups excluding carboxylic acids is 2. The lowest BCUT2D eigenvalue weighted by molar-refractivity contribution is -0.122. The molecule has 1 fully saturated rings. The molecule has 0 saturated heterocycles. The molecule has 7 heteroatoms. The number of rotatable bonds is 6. The molecule has 1 saturated carbocycles. The number of nitrogens with one attached hydrogen (secondary N) is 2. The fourth-order valence-electron chi connectivity index (χ4n) is 1.51. The normalized spacial score (nSPS) is 13.9. The molecule has 0 radical (unpaired) electrons. The van der Waals surface area contributed by atoms with Gasteiger partial charge in [-0.15, -0.1) is 11.3 Å². The van der Waals surface area contributed by atoms with E-state index >= 15 is 0 Å². The van der Waals surface area contributed by atoms with Gasteiger partial charge in [0.1, 0.15) is 4.88 Å². The smallest absolute Gasteiger partial charge is 0.345 e. The Kier molecular flexibility index (Phi) is 4.16. The summed E-state index contributed by atoms with van der Waals surface area (Å²) in [5, 5.41) is 14.1. The zero-order chi connectivity index (χ0) is 13.8. The fourth-order valence-corrected chi connectivity index (χ4v) is 2.27. The largest absolute Gasteiger partial charge is 0.477 e. The van der Waals surface area contributed by atoms with E-state index in [1.165, 1.54) is 12.1 Å². The summed E-state index contributed by atoms with van der Waals surface area (Å²) in [5.74, 6) is -1.16. The van der Waals surface area contributed by atoms with Gasteiger partial charge in [-0.1, -0.05) is 0 Å². The molecule has 0 unspecified atom stereocenters. The zero-order valence-corrected chi connectivity index (χ0v) is 11.0. The predicted octanol–water partition coefficient (Wildman–Crippen LogP) is 0.702. The summed E-state index contributed by atoms with van der Waals surface area (Å²) < 4.78 is 0. The molecule has 0 atom stereocenters. The highest BCUT2D eigenvalue weighted by Crippen LogP contribution is 2.28. The van der Waals surface area contributed by atoms with Crippen molar-refractivity contribution in [3.05, 3.63) is 21.9 Å². The van der Waals surface area contributed by atoms with E-state index in [4.69, 9.17) is 5.11 Å². The highest BCUT2D eigenvalue weighted by Gasteiger charge is 2.29. The van der Waals surface area contributed by atoms with Crippen LogP contribution in [0.1, 0.15) is 32.2 Å². The number of hydrogen-bond donors (Lipinski definition) is 3. The van der Waals surface area contributed by atoms with E-state index in [1.54, 1.807) is 0 Å². The van der Waals surface area contributed by atoms with Gasteiger partial charge in [-0.2, -0.15) is 0 Å². The van der Waals surface area contributed by atoms with Gasteiger partial charge in [0, 0.05) is 19.0 Å². The van der Waals surface area contributed by atoms with Crippen LogP contribution >= 0.6 is 11.3 Å². The maximum atomic E-state index is 11.7. The van der Waals surface area contributed by atoms with Crippen LogP contribution < -0.4 is 10.6 Å². The van der Waals surface area contributed by atoms with Gasteiger partial charge in [0.15, 0.2) is 0 Å².